The number of nitrogens with zero attached hydrogens (tertiary/aromatic N) is 2. The Balaban J connectivity index is 2.08. The SMILES string of the molecule is Cc1c(NC(=O)CN(CCc2ccccc2)S(C)(=O)=O)cccc1[N+](=O)[O-]. The first-order valence-electron chi connectivity index (χ1n) is 8.21. The summed E-state index contributed by atoms with van der Waals surface area (Å²) in [5.74, 6) is -0.558. The third-order valence-corrected chi connectivity index (χ3v) is 5.31. The van der Waals surface area contributed by atoms with Crippen molar-refractivity contribution in [1.82, 2.24) is 4.31 Å². The summed E-state index contributed by atoms with van der Waals surface area (Å²) in [6, 6.07) is 13.7. The highest BCUT2D eigenvalue weighted by Gasteiger charge is 2.21. The zero-order valence-electron chi connectivity index (χ0n) is 15.1. The van der Waals surface area contributed by atoms with Gasteiger partial charge in [-0.3, -0.25) is 14.9 Å². The number of amides is 1. The quantitative estimate of drug-likeness (QED) is 0.549. The lowest BCUT2D eigenvalue weighted by Crippen LogP contribution is -2.38. The monoisotopic (exact) mass is 391 g/mol. The van der Waals surface area contributed by atoms with Gasteiger partial charge in [-0.05, 0) is 25.0 Å². The maximum atomic E-state index is 12.3. The van der Waals surface area contributed by atoms with E-state index < -0.39 is 20.9 Å². The van der Waals surface area contributed by atoms with Crippen LogP contribution in [0.25, 0.3) is 0 Å². The highest BCUT2D eigenvalue weighted by Crippen LogP contribution is 2.25. The van der Waals surface area contributed by atoms with Gasteiger partial charge in [0.1, 0.15) is 0 Å². The van der Waals surface area contributed by atoms with E-state index in [9.17, 15) is 23.3 Å². The molecule has 1 N–H and O–H groups in total. The minimum atomic E-state index is -3.59. The van der Waals surface area contributed by atoms with Crippen LogP contribution in [-0.4, -0.2) is 42.9 Å². The van der Waals surface area contributed by atoms with Crippen molar-refractivity contribution in [2.45, 2.75) is 13.3 Å². The van der Waals surface area contributed by atoms with Crippen molar-refractivity contribution < 1.29 is 18.1 Å². The third-order valence-electron chi connectivity index (χ3n) is 4.06. The molecule has 0 bridgehead atoms. The summed E-state index contributed by atoms with van der Waals surface area (Å²) < 4.78 is 25.1. The Hall–Kier alpha value is -2.78. The van der Waals surface area contributed by atoms with Crippen LogP contribution in [0.15, 0.2) is 48.5 Å². The van der Waals surface area contributed by atoms with E-state index in [-0.39, 0.29) is 24.5 Å². The molecule has 0 aromatic heterocycles. The van der Waals surface area contributed by atoms with Gasteiger partial charge >= 0.3 is 0 Å². The van der Waals surface area contributed by atoms with Crippen LogP contribution < -0.4 is 5.32 Å². The number of rotatable bonds is 8. The van der Waals surface area contributed by atoms with Gasteiger partial charge < -0.3 is 5.32 Å². The van der Waals surface area contributed by atoms with Gasteiger partial charge in [0.05, 0.1) is 29.0 Å². The van der Waals surface area contributed by atoms with E-state index >= 15 is 0 Å². The standard InChI is InChI=1S/C18H21N3O5S/c1-14-16(9-6-10-17(14)21(23)24)19-18(22)13-20(27(2,25)26)12-11-15-7-4-3-5-8-15/h3-10H,11-13H2,1-2H3,(H,19,22). The normalized spacial score (nSPS) is 11.4. The first kappa shape index (κ1) is 20.5. The maximum absolute atomic E-state index is 12.3. The molecule has 2 aromatic carbocycles. The number of nitro benzene ring substituents is 1. The molecule has 0 fully saturated rings. The molecule has 8 nitrogen and oxygen atoms in total. The van der Waals surface area contributed by atoms with Gasteiger partial charge in [-0.1, -0.05) is 36.4 Å². The third kappa shape index (κ3) is 5.87. The fourth-order valence-corrected chi connectivity index (χ4v) is 3.34. The van der Waals surface area contributed by atoms with Gasteiger partial charge in [0.15, 0.2) is 0 Å². The first-order valence-corrected chi connectivity index (χ1v) is 10.1. The Morgan fingerprint density at radius 1 is 1.15 bits per heavy atom. The van der Waals surface area contributed by atoms with Crippen molar-refractivity contribution >= 4 is 27.3 Å². The lowest BCUT2D eigenvalue weighted by molar-refractivity contribution is -0.385. The number of carbonyl (C=O) groups is 1. The van der Waals surface area contributed by atoms with Crippen LogP contribution in [0, 0.1) is 17.0 Å². The van der Waals surface area contributed by atoms with E-state index in [1.54, 1.807) is 0 Å². The lowest BCUT2D eigenvalue weighted by Gasteiger charge is -2.20. The Morgan fingerprint density at radius 3 is 2.41 bits per heavy atom. The number of nitro groups is 1. The number of carbonyl (C=O) groups excluding carboxylic acids is 1. The van der Waals surface area contributed by atoms with Crippen LogP contribution in [-0.2, 0) is 21.2 Å². The minimum Gasteiger partial charge on any atom is -0.324 e. The van der Waals surface area contributed by atoms with E-state index in [1.807, 2.05) is 30.3 Å². The van der Waals surface area contributed by atoms with Crippen LogP contribution in [0.4, 0.5) is 11.4 Å². The van der Waals surface area contributed by atoms with Crippen molar-refractivity contribution in [2.24, 2.45) is 0 Å². The zero-order chi connectivity index (χ0) is 20.0. The molecule has 0 aliphatic rings. The van der Waals surface area contributed by atoms with Gasteiger partial charge in [0, 0.05) is 12.6 Å². The van der Waals surface area contributed by atoms with Crippen LogP contribution in [0.3, 0.4) is 0 Å². The van der Waals surface area contributed by atoms with Crippen molar-refractivity contribution in [2.75, 3.05) is 24.7 Å². The molecule has 0 aliphatic carbocycles. The van der Waals surface area contributed by atoms with Crippen LogP contribution in [0.1, 0.15) is 11.1 Å². The molecule has 0 aliphatic heterocycles. The summed E-state index contributed by atoms with van der Waals surface area (Å²) in [5, 5.41) is 13.6. The predicted molar refractivity (Wildman–Crippen MR) is 103 cm³/mol. The van der Waals surface area contributed by atoms with E-state index in [0.29, 0.717) is 12.0 Å². The molecule has 0 atom stereocenters. The number of sulfonamides is 1. The molecule has 0 heterocycles. The molecule has 2 aromatic rings. The number of hydrogen-bond acceptors (Lipinski definition) is 5. The second kappa shape index (κ2) is 8.74. The molecule has 0 unspecified atom stereocenters. The summed E-state index contributed by atoms with van der Waals surface area (Å²) in [5.41, 5.74) is 1.44. The van der Waals surface area contributed by atoms with Gasteiger partial charge in [0.25, 0.3) is 5.69 Å². The number of benzene rings is 2. The van der Waals surface area contributed by atoms with Crippen molar-refractivity contribution in [3.05, 3.63) is 69.8 Å². The topological polar surface area (TPSA) is 110 Å². The molecule has 0 saturated carbocycles. The number of hydrogen-bond donors (Lipinski definition) is 1. The Bertz CT molecular complexity index is 929. The molecule has 0 spiro atoms. The van der Waals surface area contributed by atoms with Crippen LogP contribution >= 0.6 is 0 Å². The summed E-state index contributed by atoms with van der Waals surface area (Å²) >= 11 is 0. The van der Waals surface area contributed by atoms with Crippen molar-refractivity contribution in [1.29, 1.82) is 0 Å². The highest BCUT2D eigenvalue weighted by molar-refractivity contribution is 7.88. The molecule has 9 heteroatoms. The van der Waals surface area contributed by atoms with Crippen molar-refractivity contribution in [3.63, 3.8) is 0 Å². The zero-order valence-corrected chi connectivity index (χ0v) is 15.9. The second-order valence-corrected chi connectivity index (χ2v) is 8.07. The second-order valence-electron chi connectivity index (χ2n) is 6.09. The fourth-order valence-electron chi connectivity index (χ4n) is 2.57. The lowest BCUT2D eigenvalue weighted by atomic mass is 10.1. The van der Waals surface area contributed by atoms with E-state index in [2.05, 4.69) is 5.32 Å². The predicted octanol–water partition coefficient (Wildman–Crippen LogP) is 2.35. The Morgan fingerprint density at radius 2 is 1.81 bits per heavy atom. The summed E-state index contributed by atoms with van der Waals surface area (Å²) in [7, 11) is -3.59. The van der Waals surface area contributed by atoms with Crippen molar-refractivity contribution in [3.8, 4) is 0 Å². The summed E-state index contributed by atoms with van der Waals surface area (Å²) in [4.78, 5) is 22.8. The molecular formula is C18H21N3O5S. The Labute approximate surface area is 158 Å². The van der Waals surface area contributed by atoms with Crippen LogP contribution in [0.5, 0.6) is 0 Å². The van der Waals surface area contributed by atoms with E-state index in [1.165, 1.54) is 25.1 Å². The largest absolute Gasteiger partial charge is 0.324 e. The van der Waals surface area contributed by atoms with Gasteiger partial charge in [-0.2, -0.15) is 4.31 Å². The highest BCUT2D eigenvalue weighted by atomic mass is 32.2. The molecule has 27 heavy (non-hydrogen) atoms. The van der Waals surface area contributed by atoms with E-state index in [0.717, 1.165) is 16.1 Å². The smallest absolute Gasteiger partial charge is 0.274 e. The summed E-state index contributed by atoms with van der Waals surface area (Å²) in [6.07, 6.45) is 1.51. The molecule has 1 amide bonds. The molecule has 0 radical (unpaired) electrons. The number of nitrogens with one attached hydrogen (secondary N) is 1. The minimum absolute atomic E-state index is 0.114. The van der Waals surface area contributed by atoms with Gasteiger partial charge in [-0.25, -0.2) is 8.42 Å². The van der Waals surface area contributed by atoms with Gasteiger partial charge in [-0.15, -0.1) is 0 Å². The molecule has 144 valence electrons. The summed E-state index contributed by atoms with van der Waals surface area (Å²) in [6.45, 7) is 1.31. The first-order chi connectivity index (χ1) is 12.7. The maximum Gasteiger partial charge on any atom is 0.274 e. The average molecular weight is 391 g/mol. The van der Waals surface area contributed by atoms with E-state index in [4.69, 9.17) is 0 Å². The molecular weight excluding hydrogens is 370 g/mol. The molecule has 2 rings (SSSR count). The number of anilines is 1. The average Bonchev–Trinajstić information content (AvgIpc) is 2.60. The molecule has 0 saturated heterocycles. The van der Waals surface area contributed by atoms with Crippen LogP contribution in [0.2, 0.25) is 0 Å². The van der Waals surface area contributed by atoms with Gasteiger partial charge in [0.2, 0.25) is 15.9 Å². The Kier molecular flexibility index (Phi) is 6.65. The fraction of sp³-hybridized carbons (Fsp3) is 0.278.